The van der Waals surface area contributed by atoms with Crippen molar-refractivity contribution in [1.82, 2.24) is 19.7 Å². The lowest BCUT2D eigenvalue weighted by molar-refractivity contribution is -0.149. The number of carbonyl (C=O) groups excluding carboxylic acids is 1. The third-order valence-electron chi connectivity index (χ3n) is 4.10. The SMILES string of the molecule is O=C(O)C1CCCC1C(=O)N1CCn2cnnc2C1. The minimum Gasteiger partial charge on any atom is -0.481 e. The molecule has 2 unspecified atom stereocenters. The Morgan fingerprint density at radius 3 is 2.84 bits per heavy atom. The lowest BCUT2D eigenvalue weighted by Crippen LogP contribution is -2.43. The zero-order chi connectivity index (χ0) is 13.4. The zero-order valence-corrected chi connectivity index (χ0v) is 10.5. The fraction of sp³-hybridized carbons (Fsp3) is 0.667. The van der Waals surface area contributed by atoms with Gasteiger partial charge in [-0.25, -0.2) is 0 Å². The van der Waals surface area contributed by atoms with E-state index in [2.05, 4.69) is 10.2 Å². The topological polar surface area (TPSA) is 88.3 Å². The summed E-state index contributed by atoms with van der Waals surface area (Å²) < 4.78 is 1.92. The van der Waals surface area contributed by atoms with Crippen LogP contribution in [0.15, 0.2) is 6.33 Å². The molecule has 0 saturated heterocycles. The normalized spacial score (nSPS) is 26.2. The minimum atomic E-state index is -0.851. The van der Waals surface area contributed by atoms with Crippen molar-refractivity contribution in [2.75, 3.05) is 6.54 Å². The Labute approximate surface area is 110 Å². The van der Waals surface area contributed by atoms with Gasteiger partial charge in [-0.05, 0) is 12.8 Å². The Kier molecular flexibility index (Phi) is 2.96. The van der Waals surface area contributed by atoms with Crippen LogP contribution >= 0.6 is 0 Å². The molecule has 1 fully saturated rings. The quantitative estimate of drug-likeness (QED) is 0.819. The number of aliphatic carboxylic acids is 1. The molecule has 1 amide bonds. The third-order valence-corrected chi connectivity index (χ3v) is 4.10. The van der Waals surface area contributed by atoms with Gasteiger partial charge in [-0.2, -0.15) is 0 Å². The Bertz CT molecular complexity index is 513. The van der Waals surface area contributed by atoms with Gasteiger partial charge in [-0.15, -0.1) is 10.2 Å². The zero-order valence-electron chi connectivity index (χ0n) is 10.5. The highest BCUT2D eigenvalue weighted by Crippen LogP contribution is 2.34. The lowest BCUT2D eigenvalue weighted by Gasteiger charge is -2.30. The molecule has 2 atom stereocenters. The number of hydrogen-bond donors (Lipinski definition) is 1. The van der Waals surface area contributed by atoms with E-state index in [1.165, 1.54) is 0 Å². The smallest absolute Gasteiger partial charge is 0.307 e. The maximum atomic E-state index is 12.5. The summed E-state index contributed by atoms with van der Waals surface area (Å²) in [5.41, 5.74) is 0. The predicted molar refractivity (Wildman–Crippen MR) is 63.9 cm³/mol. The first-order valence-electron chi connectivity index (χ1n) is 6.55. The molecule has 102 valence electrons. The monoisotopic (exact) mass is 264 g/mol. The van der Waals surface area contributed by atoms with Crippen LogP contribution in [0.1, 0.15) is 25.1 Å². The van der Waals surface area contributed by atoms with Crippen LogP contribution in [0.5, 0.6) is 0 Å². The summed E-state index contributed by atoms with van der Waals surface area (Å²) in [5.74, 6) is -1.01. The van der Waals surface area contributed by atoms with Gasteiger partial charge >= 0.3 is 5.97 Å². The maximum absolute atomic E-state index is 12.5. The number of fused-ring (bicyclic) bond motifs is 1. The van der Waals surface area contributed by atoms with Crippen molar-refractivity contribution >= 4 is 11.9 Å². The molecule has 0 spiro atoms. The van der Waals surface area contributed by atoms with Gasteiger partial charge in [-0.3, -0.25) is 9.59 Å². The van der Waals surface area contributed by atoms with Crippen molar-refractivity contribution in [1.29, 1.82) is 0 Å². The van der Waals surface area contributed by atoms with E-state index in [0.29, 0.717) is 32.5 Å². The second-order valence-electron chi connectivity index (χ2n) is 5.18. The molecule has 1 aliphatic carbocycles. The highest BCUT2D eigenvalue weighted by Gasteiger charge is 2.40. The van der Waals surface area contributed by atoms with Crippen molar-refractivity contribution < 1.29 is 14.7 Å². The van der Waals surface area contributed by atoms with E-state index < -0.39 is 11.9 Å². The number of carboxylic acids is 1. The van der Waals surface area contributed by atoms with Crippen LogP contribution in [0, 0.1) is 11.8 Å². The molecule has 1 aliphatic heterocycles. The average molecular weight is 264 g/mol. The average Bonchev–Trinajstić information content (AvgIpc) is 3.05. The molecule has 0 bridgehead atoms. The van der Waals surface area contributed by atoms with Gasteiger partial charge < -0.3 is 14.6 Å². The molecular formula is C12H16N4O3. The predicted octanol–water partition coefficient (Wildman–Crippen LogP) is 0.121. The summed E-state index contributed by atoms with van der Waals surface area (Å²) in [6, 6.07) is 0. The van der Waals surface area contributed by atoms with Crippen LogP contribution < -0.4 is 0 Å². The van der Waals surface area contributed by atoms with E-state index in [1.807, 2.05) is 4.57 Å². The van der Waals surface area contributed by atoms with Crippen molar-refractivity contribution in [2.45, 2.75) is 32.4 Å². The Hall–Kier alpha value is -1.92. The van der Waals surface area contributed by atoms with Gasteiger partial charge in [0.25, 0.3) is 0 Å². The highest BCUT2D eigenvalue weighted by atomic mass is 16.4. The van der Waals surface area contributed by atoms with Crippen LogP contribution in [-0.4, -0.2) is 43.2 Å². The van der Waals surface area contributed by atoms with Crippen LogP contribution in [-0.2, 0) is 22.7 Å². The van der Waals surface area contributed by atoms with Crippen molar-refractivity contribution in [3.63, 3.8) is 0 Å². The van der Waals surface area contributed by atoms with Gasteiger partial charge in [-0.1, -0.05) is 6.42 Å². The summed E-state index contributed by atoms with van der Waals surface area (Å²) in [4.78, 5) is 25.3. The number of aromatic nitrogens is 3. The summed E-state index contributed by atoms with van der Waals surface area (Å²) in [7, 11) is 0. The molecule has 7 heteroatoms. The van der Waals surface area contributed by atoms with Crippen LogP contribution in [0.25, 0.3) is 0 Å². The number of nitrogens with zero attached hydrogens (tertiary/aromatic N) is 4. The van der Waals surface area contributed by atoms with E-state index in [4.69, 9.17) is 5.11 Å². The fourth-order valence-electron chi connectivity index (χ4n) is 3.04. The third kappa shape index (κ3) is 2.09. The Morgan fingerprint density at radius 1 is 1.26 bits per heavy atom. The van der Waals surface area contributed by atoms with Crippen molar-refractivity contribution in [3.05, 3.63) is 12.2 Å². The summed E-state index contributed by atoms with van der Waals surface area (Å²) in [6.45, 7) is 1.72. The van der Waals surface area contributed by atoms with Gasteiger partial charge in [0.2, 0.25) is 5.91 Å². The molecule has 3 rings (SSSR count). The molecule has 19 heavy (non-hydrogen) atoms. The van der Waals surface area contributed by atoms with Crippen molar-refractivity contribution in [3.8, 4) is 0 Å². The van der Waals surface area contributed by atoms with E-state index in [0.717, 1.165) is 12.2 Å². The first kappa shape index (κ1) is 12.1. The number of carboxylic acid groups (broad SMARTS) is 1. The van der Waals surface area contributed by atoms with Gasteiger partial charge in [0, 0.05) is 13.1 Å². The van der Waals surface area contributed by atoms with E-state index in [9.17, 15) is 9.59 Å². The Balaban J connectivity index is 1.73. The molecule has 1 saturated carbocycles. The first-order chi connectivity index (χ1) is 9.16. The van der Waals surface area contributed by atoms with Gasteiger partial charge in [0.1, 0.15) is 6.33 Å². The van der Waals surface area contributed by atoms with E-state index in [-0.39, 0.29) is 11.8 Å². The number of carbonyl (C=O) groups is 2. The standard InChI is InChI=1S/C12H16N4O3/c17-11(8-2-1-3-9(8)12(18)19)15-4-5-16-7-13-14-10(16)6-15/h7-9H,1-6H2,(H,18,19). The Morgan fingerprint density at radius 2 is 2.05 bits per heavy atom. The molecule has 0 aromatic carbocycles. The van der Waals surface area contributed by atoms with Crippen LogP contribution in [0.2, 0.25) is 0 Å². The molecular weight excluding hydrogens is 248 g/mol. The molecule has 1 N–H and O–H groups in total. The first-order valence-corrected chi connectivity index (χ1v) is 6.55. The molecule has 1 aromatic rings. The fourth-order valence-corrected chi connectivity index (χ4v) is 3.04. The highest BCUT2D eigenvalue weighted by molar-refractivity contribution is 5.85. The lowest BCUT2D eigenvalue weighted by atomic mass is 9.94. The molecule has 0 radical (unpaired) electrons. The summed E-state index contributed by atoms with van der Waals surface area (Å²) >= 11 is 0. The van der Waals surface area contributed by atoms with E-state index in [1.54, 1.807) is 11.2 Å². The molecule has 7 nitrogen and oxygen atoms in total. The van der Waals surface area contributed by atoms with Crippen LogP contribution in [0.3, 0.4) is 0 Å². The van der Waals surface area contributed by atoms with E-state index >= 15 is 0 Å². The maximum Gasteiger partial charge on any atom is 0.307 e. The largest absolute Gasteiger partial charge is 0.481 e. The van der Waals surface area contributed by atoms with Crippen LogP contribution in [0.4, 0.5) is 0 Å². The molecule has 2 heterocycles. The number of hydrogen-bond acceptors (Lipinski definition) is 4. The molecule has 1 aromatic heterocycles. The second-order valence-corrected chi connectivity index (χ2v) is 5.18. The van der Waals surface area contributed by atoms with Gasteiger partial charge in [0.15, 0.2) is 5.82 Å². The second kappa shape index (κ2) is 4.64. The molecule has 2 aliphatic rings. The summed E-state index contributed by atoms with van der Waals surface area (Å²) in [5, 5.41) is 17.0. The number of rotatable bonds is 2. The summed E-state index contributed by atoms with van der Waals surface area (Å²) in [6.07, 6.45) is 3.76. The minimum absolute atomic E-state index is 0.0425. The van der Waals surface area contributed by atoms with Crippen molar-refractivity contribution in [2.24, 2.45) is 11.8 Å². The number of amides is 1. The van der Waals surface area contributed by atoms with Gasteiger partial charge in [0.05, 0.1) is 18.4 Å².